The molecule has 0 unspecified atom stereocenters. The minimum atomic E-state index is -1.10. The van der Waals surface area contributed by atoms with Gasteiger partial charge in [0.25, 0.3) is 5.91 Å². The second-order valence-electron chi connectivity index (χ2n) is 10.2. The van der Waals surface area contributed by atoms with E-state index in [0.717, 1.165) is 22.3 Å². The van der Waals surface area contributed by atoms with Crippen molar-refractivity contribution in [2.45, 2.75) is 11.8 Å². The number of hydrogen-bond donors (Lipinski definition) is 2. The van der Waals surface area contributed by atoms with Gasteiger partial charge < -0.3 is 10.4 Å². The average Bonchev–Trinajstić information content (AvgIpc) is 3.23. The molecule has 39 heavy (non-hydrogen) atoms. The van der Waals surface area contributed by atoms with Crippen molar-refractivity contribution in [2.75, 3.05) is 10.2 Å². The minimum Gasteiger partial charge on any atom is -0.478 e. The van der Waals surface area contributed by atoms with E-state index in [1.807, 2.05) is 24.3 Å². The molecule has 0 saturated carbocycles. The van der Waals surface area contributed by atoms with Gasteiger partial charge in [-0.3, -0.25) is 14.4 Å². The van der Waals surface area contributed by atoms with Gasteiger partial charge >= 0.3 is 5.97 Å². The number of rotatable bonds is 4. The summed E-state index contributed by atoms with van der Waals surface area (Å²) in [5.74, 6) is -3.52. The number of hydrogen-bond acceptors (Lipinski definition) is 4. The first-order valence-corrected chi connectivity index (χ1v) is 12.7. The van der Waals surface area contributed by atoms with Crippen LogP contribution >= 0.6 is 0 Å². The minimum absolute atomic E-state index is 0.0500. The monoisotopic (exact) mass is 514 g/mol. The largest absolute Gasteiger partial charge is 0.478 e. The van der Waals surface area contributed by atoms with Crippen LogP contribution in [0.15, 0.2) is 97.1 Å². The molecular formula is C32H22N2O5. The lowest BCUT2D eigenvalue weighted by atomic mass is 9.55. The number of carbonyl (C=O) groups is 4. The fraction of sp³-hybridized carbons (Fsp3) is 0.125. The predicted molar refractivity (Wildman–Crippen MR) is 144 cm³/mol. The van der Waals surface area contributed by atoms with Crippen molar-refractivity contribution in [3.63, 3.8) is 0 Å². The normalized spacial score (nSPS) is 22.2. The Morgan fingerprint density at radius 1 is 0.641 bits per heavy atom. The van der Waals surface area contributed by atoms with Crippen LogP contribution in [0.3, 0.4) is 0 Å². The number of benzene rings is 4. The molecule has 8 rings (SSSR count). The highest BCUT2D eigenvalue weighted by Gasteiger charge is 2.61. The lowest BCUT2D eigenvalue weighted by Crippen LogP contribution is -2.41. The van der Waals surface area contributed by atoms with Crippen molar-refractivity contribution < 1.29 is 24.3 Å². The first kappa shape index (κ1) is 23.1. The molecule has 1 aliphatic heterocycles. The zero-order chi connectivity index (χ0) is 26.8. The zero-order valence-corrected chi connectivity index (χ0v) is 20.6. The quantitative estimate of drug-likeness (QED) is 0.372. The zero-order valence-electron chi connectivity index (χ0n) is 20.6. The molecule has 1 saturated heterocycles. The van der Waals surface area contributed by atoms with Gasteiger partial charge in [-0.15, -0.1) is 0 Å². The maximum atomic E-state index is 14.0. The SMILES string of the molecule is O=C(O)c1cccc(NC(=O)c2cccc(N3C(=O)[C@@H]4C5c6ccccc6C(c6ccccc65)[C@H]4C3=O)c2)c1. The van der Waals surface area contributed by atoms with E-state index >= 15 is 0 Å². The molecule has 1 heterocycles. The number of amides is 3. The molecule has 2 bridgehead atoms. The van der Waals surface area contributed by atoms with Crippen LogP contribution in [0.1, 0.15) is 54.8 Å². The van der Waals surface area contributed by atoms with Gasteiger partial charge in [-0.2, -0.15) is 0 Å². The Hall–Kier alpha value is -5.04. The number of anilines is 2. The third kappa shape index (κ3) is 3.36. The molecule has 3 aliphatic carbocycles. The molecule has 0 radical (unpaired) electrons. The fourth-order valence-corrected chi connectivity index (χ4v) is 6.65. The molecule has 0 spiro atoms. The Balaban J connectivity index is 1.24. The number of aromatic carboxylic acids is 1. The highest BCUT2D eigenvalue weighted by Crippen LogP contribution is 2.61. The van der Waals surface area contributed by atoms with Crippen LogP contribution in [0.2, 0.25) is 0 Å². The van der Waals surface area contributed by atoms with Crippen LogP contribution in [0.25, 0.3) is 0 Å². The van der Waals surface area contributed by atoms with Gasteiger partial charge in [-0.25, -0.2) is 9.69 Å². The lowest BCUT2D eigenvalue weighted by Gasteiger charge is -2.45. The summed E-state index contributed by atoms with van der Waals surface area (Å²) in [5.41, 5.74) is 5.37. The molecular weight excluding hydrogens is 492 g/mol. The van der Waals surface area contributed by atoms with Crippen LogP contribution in [0, 0.1) is 11.8 Å². The van der Waals surface area contributed by atoms with E-state index in [2.05, 4.69) is 29.6 Å². The summed E-state index contributed by atoms with van der Waals surface area (Å²) in [5, 5.41) is 11.9. The number of nitrogens with one attached hydrogen (secondary N) is 1. The molecule has 190 valence electrons. The summed E-state index contributed by atoms with van der Waals surface area (Å²) < 4.78 is 0. The first-order chi connectivity index (χ1) is 18.9. The maximum Gasteiger partial charge on any atom is 0.335 e. The molecule has 0 aromatic heterocycles. The molecule has 4 aromatic rings. The van der Waals surface area contributed by atoms with Crippen LogP contribution < -0.4 is 10.2 Å². The van der Waals surface area contributed by atoms with Gasteiger partial charge in [0, 0.05) is 23.1 Å². The topological polar surface area (TPSA) is 104 Å². The van der Waals surface area contributed by atoms with E-state index in [1.54, 1.807) is 30.3 Å². The second kappa shape index (κ2) is 8.49. The van der Waals surface area contributed by atoms with Crippen molar-refractivity contribution in [1.29, 1.82) is 0 Å². The molecule has 7 nitrogen and oxygen atoms in total. The smallest absolute Gasteiger partial charge is 0.335 e. The molecule has 2 atom stereocenters. The Morgan fingerprint density at radius 2 is 1.15 bits per heavy atom. The van der Waals surface area contributed by atoms with Gasteiger partial charge in [-0.05, 0) is 58.7 Å². The Kier molecular flexibility index (Phi) is 5.03. The molecule has 7 heteroatoms. The van der Waals surface area contributed by atoms with Crippen molar-refractivity contribution in [3.8, 4) is 0 Å². The van der Waals surface area contributed by atoms with Gasteiger partial charge in [-0.1, -0.05) is 60.7 Å². The van der Waals surface area contributed by atoms with Gasteiger partial charge in [0.1, 0.15) is 0 Å². The summed E-state index contributed by atoms with van der Waals surface area (Å²) in [6.45, 7) is 0. The average molecular weight is 515 g/mol. The van der Waals surface area contributed by atoms with Crippen molar-refractivity contribution in [1.82, 2.24) is 0 Å². The summed E-state index contributed by atoms with van der Waals surface area (Å²) in [6.07, 6.45) is 0. The summed E-state index contributed by atoms with van der Waals surface area (Å²) in [6, 6.07) is 28.5. The highest BCUT2D eigenvalue weighted by molar-refractivity contribution is 6.23. The third-order valence-electron chi connectivity index (χ3n) is 8.18. The number of imide groups is 1. The first-order valence-electron chi connectivity index (χ1n) is 12.7. The second-order valence-corrected chi connectivity index (χ2v) is 10.2. The van der Waals surface area contributed by atoms with E-state index in [4.69, 9.17) is 0 Å². The molecule has 1 fully saturated rings. The van der Waals surface area contributed by atoms with Crippen LogP contribution in [0.4, 0.5) is 11.4 Å². The third-order valence-corrected chi connectivity index (χ3v) is 8.18. The van der Waals surface area contributed by atoms with Crippen LogP contribution in [-0.2, 0) is 9.59 Å². The van der Waals surface area contributed by atoms with Crippen LogP contribution in [0.5, 0.6) is 0 Å². The van der Waals surface area contributed by atoms with E-state index < -0.39 is 23.7 Å². The number of carbonyl (C=O) groups excluding carboxylic acids is 3. The van der Waals surface area contributed by atoms with Crippen molar-refractivity contribution in [3.05, 3.63) is 130 Å². The summed E-state index contributed by atoms with van der Waals surface area (Å²) >= 11 is 0. The summed E-state index contributed by atoms with van der Waals surface area (Å²) in [4.78, 5) is 53.5. The molecule has 3 amide bonds. The van der Waals surface area contributed by atoms with Gasteiger partial charge in [0.2, 0.25) is 11.8 Å². The van der Waals surface area contributed by atoms with Gasteiger partial charge in [0.05, 0.1) is 23.1 Å². The molecule has 4 aliphatic rings. The van der Waals surface area contributed by atoms with E-state index in [0.29, 0.717) is 11.4 Å². The van der Waals surface area contributed by atoms with Crippen molar-refractivity contribution in [2.24, 2.45) is 11.8 Å². The fourth-order valence-electron chi connectivity index (χ4n) is 6.65. The number of carboxylic acid groups (broad SMARTS) is 1. The van der Waals surface area contributed by atoms with E-state index in [1.165, 1.54) is 23.1 Å². The molecule has 2 N–H and O–H groups in total. The summed E-state index contributed by atoms with van der Waals surface area (Å²) in [7, 11) is 0. The number of nitrogens with zero attached hydrogens (tertiary/aromatic N) is 1. The maximum absolute atomic E-state index is 14.0. The highest BCUT2D eigenvalue weighted by atomic mass is 16.4. The Morgan fingerprint density at radius 3 is 1.69 bits per heavy atom. The van der Waals surface area contributed by atoms with Gasteiger partial charge in [0.15, 0.2) is 0 Å². The lowest BCUT2D eigenvalue weighted by molar-refractivity contribution is -0.122. The Bertz CT molecular complexity index is 1610. The molecule has 4 aromatic carbocycles. The standard InChI is InChI=1S/C32H22N2O5/c35-29(33-19-9-5-8-18(15-19)32(38)39)17-7-6-10-20(16-17)34-30(36)27-25-21-11-1-2-12-22(21)26(28(27)31(34)37)24-14-4-3-13-23(24)25/h1-16,25-28H,(H,33,35)(H,38,39)/t25?,26?,27-,28-/m1/s1. The van der Waals surface area contributed by atoms with E-state index in [-0.39, 0.29) is 34.8 Å². The van der Waals surface area contributed by atoms with Crippen molar-refractivity contribution >= 4 is 35.1 Å². The van der Waals surface area contributed by atoms with Crippen LogP contribution in [-0.4, -0.2) is 28.8 Å². The van der Waals surface area contributed by atoms with E-state index in [9.17, 15) is 24.3 Å². The Labute approximate surface area is 223 Å². The predicted octanol–water partition coefficient (Wildman–Crippen LogP) is 5.03. The number of carboxylic acids is 1.